The maximum atomic E-state index is 6.89. The molecule has 6 aliphatic rings. The molecule has 0 radical (unpaired) electrons. The number of benzene rings is 18. The van der Waals surface area contributed by atoms with Gasteiger partial charge in [0.2, 0.25) is 0 Å². The van der Waals surface area contributed by atoms with Crippen LogP contribution in [0.3, 0.4) is 0 Å². The van der Waals surface area contributed by atoms with Gasteiger partial charge in [-0.15, -0.1) is 0 Å². The first-order chi connectivity index (χ1) is 60.5. The minimum atomic E-state index is 0.00668. The predicted molar refractivity (Wildman–Crippen MR) is 510 cm³/mol. The summed E-state index contributed by atoms with van der Waals surface area (Å²) >= 11 is 0. The van der Waals surface area contributed by atoms with E-state index in [9.17, 15) is 0 Å². The first-order valence-corrected chi connectivity index (χ1v) is 42.4. The summed E-state index contributed by atoms with van der Waals surface area (Å²) in [5, 5.41) is 0. The molecule has 0 saturated heterocycles. The maximum absolute atomic E-state index is 6.89. The van der Waals surface area contributed by atoms with E-state index in [2.05, 4.69) is 412 Å². The Hall–Kier alpha value is -15.0. The molecule has 24 rings (SSSR count). The first kappa shape index (κ1) is 74.3. The Kier molecular flexibility index (Phi) is 18.5. The van der Waals surface area contributed by atoms with Crippen LogP contribution in [0.2, 0.25) is 0 Å². The zero-order valence-corrected chi connectivity index (χ0v) is 69.1. The standard InChI is InChI=1S/3C38H27BO2/c1-24-11-6-8-15-29(24)27-19-20-32-34(21-27)40-35-22-28(30-16-9-7-12-25(30)2)23-36-37(35)39(32)33-18-10-17-31(38(33)41-36)26-13-4-3-5-14-26;1-24-11-6-8-15-29(24)27-19-20-32-34(21-27)40-35-22-28(26-13-4-3-5-14-26)23-36-37(35)39(32)33-18-10-17-31(38(33)41-36)30-16-9-7-12-25(30)2;1-24-11-6-8-15-29(24)28-22-35-37-36(23-28)41-38-31(30-16-9-7-12-25(30)2)17-10-18-33(38)39(37)32-20-19-27(21-34(32)40-35)26-13-4-3-5-14-26/h3*3-23H,1-2H3. The van der Waals surface area contributed by atoms with E-state index in [1.165, 1.54) is 83.3 Å². The summed E-state index contributed by atoms with van der Waals surface area (Å²) in [5.74, 6) is 10.6. The van der Waals surface area contributed by atoms with Gasteiger partial charge in [0.15, 0.2) is 0 Å². The second-order valence-corrected chi connectivity index (χ2v) is 33.0. The lowest BCUT2D eigenvalue weighted by Crippen LogP contribution is -2.57. The molecule has 18 aromatic carbocycles. The van der Waals surface area contributed by atoms with Crippen LogP contribution >= 0.6 is 0 Å². The fraction of sp³-hybridized carbons (Fsp3) is 0.0526. The van der Waals surface area contributed by atoms with Crippen LogP contribution in [0.4, 0.5) is 0 Å². The van der Waals surface area contributed by atoms with Gasteiger partial charge in [-0.1, -0.05) is 328 Å². The Balaban J connectivity index is 0.000000110. The second-order valence-electron chi connectivity index (χ2n) is 33.0. The number of fused-ring (bicyclic) bond motifs is 12. The number of aryl methyl sites for hydroxylation is 6. The van der Waals surface area contributed by atoms with E-state index in [-0.39, 0.29) is 20.1 Å². The summed E-state index contributed by atoms with van der Waals surface area (Å²) in [5.41, 5.74) is 38.3. The van der Waals surface area contributed by atoms with Crippen molar-refractivity contribution < 1.29 is 28.4 Å². The monoisotopic (exact) mass is 1580 g/mol. The van der Waals surface area contributed by atoms with Crippen LogP contribution in [-0.4, -0.2) is 20.1 Å². The molecule has 18 aromatic rings. The summed E-state index contributed by atoms with van der Waals surface area (Å²) in [7, 11) is 0. The van der Waals surface area contributed by atoms with E-state index in [0.717, 1.165) is 168 Å². The molecule has 6 nitrogen and oxygen atoms in total. The number of hydrogen-bond acceptors (Lipinski definition) is 6. The molecule has 0 N–H and O–H groups in total. The van der Waals surface area contributed by atoms with Gasteiger partial charge in [-0.25, -0.2) is 0 Å². The normalized spacial score (nSPS) is 12.5. The molecule has 6 aliphatic heterocycles. The minimum absolute atomic E-state index is 0.00668. The second kappa shape index (κ2) is 30.6. The molecule has 0 spiro atoms. The Labute approximate surface area is 719 Å². The zero-order chi connectivity index (χ0) is 82.5. The minimum Gasteiger partial charge on any atom is -0.458 e. The lowest BCUT2D eigenvalue weighted by Gasteiger charge is -2.34. The van der Waals surface area contributed by atoms with Crippen molar-refractivity contribution in [3.05, 3.63) is 416 Å². The van der Waals surface area contributed by atoms with Crippen LogP contribution < -0.4 is 77.6 Å². The van der Waals surface area contributed by atoms with E-state index >= 15 is 0 Å². The van der Waals surface area contributed by atoms with Gasteiger partial charge in [0.1, 0.15) is 69.0 Å². The summed E-state index contributed by atoms with van der Waals surface area (Å²) in [4.78, 5) is 0. The van der Waals surface area contributed by atoms with Gasteiger partial charge < -0.3 is 28.4 Å². The van der Waals surface area contributed by atoms with E-state index in [4.69, 9.17) is 28.4 Å². The van der Waals surface area contributed by atoms with Crippen LogP contribution in [0.1, 0.15) is 33.4 Å². The molecular weight excluding hydrogens is 1500 g/mol. The number of ether oxygens (including phenoxy) is 6. The third kappa shape index (κ3) is 13.1. The van der Waals surface area contributed by atoms with Crippen molar-refractivity contribution in [3.8, 4) is 169 Å². The van der Waals surface area contributed by atoms with Gasteiger partial charge >= 0.3 is 0 Å². The van der Waals surface area contributed by atoms with Crippen LogP contribution in [0.25, 0.3) is 100 Å². The predicted octanol–water partition coefficient (Wildman–Crippen LogP) is 24.1. The van der Waals surface area contributed by atoms with Crippen molar-refractivity contribution in [3.63, 3.8) is 0 Å². The number of rotatable bonds is 9. The van der Waals surface area contributed by atoms with Gasteiger partial charge in [-0.3, -0.25) is 0 Å². The fourth-order valence-electron chi connectivity index (χ4n) is 19.4. The van der Waals surface area contributed by atoms with Crippen LogP contribution in [0, 0.1) is 41.5 Å². The summed E-state index contributed by atoms with van der Waals surface area (Å²) < 4.78 is 40.9. The smallest absolute Gasteiger partial charge is 0.260 e. The first-order valence-electron chi connectivity index (χ1n) is 42.4. The van der Waals surface area contributed by atoms with Gasteiger partial charge in [-0.2, -0.15) is 0 Å². The molecule has 0 saturated carbocycles. The molecule has 6 heterocycles. The largest absolute Gasteiger partial charge is 0.458 e. The van der Waals surface area contributed by atoms with E-state index < -0.39 is 0 Å². The SMILES string of the molecule is Cc1ccccc1-c1cc2c3c(c1)Oc1c(cccc1-c1ccccc1C)B3c1ccc(-c3ccccc3)cc1O2.Cc1ccccc1-c1ccc2c(c1)Oc1cc(-c3ccccc3)cc3c1B2c1cccc(-c2ccccc2C)c1O3.Cc1ccccc1-c1ccc2c(c1)Oc1cc(-c3ccccc3C)cc3c1B2c1cccc(-c2ccccc2)c1O3. The van der Waals surface area contributed by atoms with Crippen molar-refractivity contribution in [2.75, 3.05) is 0 Å². The quantitative estimate of drug-likeness (QED) is 0.134. The van der Waals surface area contributed by atoms with Crippen molar-refractivity contribution in [1.29, 1.82) is 0 Å². The molecule has 0 fully saturated rings. The molecule has 0 unspecified atom stereocenters. The van der Waals surface area contributed by atoms with Gasteiger partial charge in [0.25, 0.3) is 20.1 Å². The molecule has 9 heteroatoms. The average molecular weight is 1580 g/mol. The van der Waals surface area contributed by atoms with E-state index in [0.29, 0.717) is 0 Å². The van der Waals surface area contributed by atoms with Crippen LogP contribution in [0.15, 0.2) is 382 Å². The summed E-state index contributed by atoms with van der Waals surface area (Å²) in [6, 6.07) is 135. The number of hydrogen-bond donors (Lipinski definition) is 0. The Morgan fingerprint density at radius 2 is 0.390 bits per heavy atom. The molecule has 582 valence electrons. The summed E-state index contributed by atoms with van der Waals surface area (Å²) in [6.07, 6.45) is 0. The van der Waals surface area contributed by atoms with Crippen LogP contribution in [-0.2, 0) is 0 Å². The van der Waals surface area contributed by atoms with E-state index in [1.807, 2.05) is 12.1 Å². The Morgan fingerprint density at radius 3 is 0.740 bits per heavy atom. The average Bonchev–Trinajstić information content (AvgIpc) is 0.724. The van der Waals surface area contributed by atoms with Crippen molar-refractivity contribution in [2.45, 2.75) is 41.5 Å². The van der Waals surface area contributed by atoms with Gasteiger partial charge in [0.05, 0.1) is 0 Å². The molecule has 0 atom stereocenters. The topological polar surface area (TPSA) is 55.4 Å². The van der Waals surface area contributed by atoms with Crippen molar-refractivity contribution in [1.82, 2.24) is 0 Å². The van der Waals surface area contributed by atoms with E-state index in [1.54, 1.807) is 0 Å². The fourth-order valence-corrected chi connectivity index (χ4v) is 19.4. The zero-order valence-electron chi connectivity index (χ0n) is 69.1. The van der Waals surface area contributed by atoms with Crippen molar-refractivity contribution >= 4 is 69.3 Å². The van der Waals surface area contributed by atoms with Gasteiger partial charge in [-0.05, 0) is 246 Å². The highest BCUT2D eigenvalue weighted by atomic mass is 16.5. The summed E-state index contributed by atoms with van der Waals surface area (Å²) in [6.45, 7) is 13.0. The maximum Gasteiger partial charge on any atom is 0.260 e. The van der Waals surface area contributed by atoms with Crippen molar-refractivity contribution in [2.24, 2.45) is 0 Å². The Morgan fingerprint density at radius 1 is 0.146 bits per heavy atom. The molecule has 123 heavy (non-hydrogen) atoms. The third-order valence-corrected chi connectivity index (χ3v) is 25.5. The lowest BCUT2D eigenvalue weighted by molar-refractivity contribution is 0.465. The lowest BCUT2D eigenvalue weighted by atomic mass is 9.34. The highest BCUT2D eigenvalue weighted by Gasteiger charge is 2.45. The molecule has 0 bridgehead atoms. The molecular formula is C114H81B3O6. The molecule has 0 aromatic heterocycles. The van der Waals surface area contributed by atoms with Gasteiger partial charge in [0, 0.05) is 33.1 Å². The highest BCUT2D eigenvalue weighted by molar-refractivity contribution is 7.00. The molecule has 0 aliphatic carbocycles. The molecule has 0 amide bonds. The number of para-hydroxylation sites is 3. The Bertz CT molecular complexity index is 7290. The highest BCUT2D eigenvalue weighted by Crippen LogP contribution is 2.48. The third-order valence-electron chi connectivity index (χ3n) is 25.5. The van der Waals surface area contributed by atoms with Crippen LogP contribution in [0.5, 0.6) is 69.0 Å².